The molecule has 6 heteroatoms. The number of fused-ring (bicyclic) bond motifs is 1. The van der Waals surface area contributed by atoms with E-state index in [1.807, 2.05) is 12.1 Å². The lowest BCUT2D eigenvalue weighted by atomic mass is 10.1. The Bertz CT molecular complexity index is 632. The second-order valence-corrected chi connectivity index (χ2v) is 4.79. The fourth-order valence-electron chi connectivity index (χ4n) is 1.74. The third-order valence-corrected chi connectivity index (χ3v) is 3.21. The molecule has 2 rings (SSSR count). The van der Waals surface area contributed by atoms with Gasteiger partial charge in [-0.3, -0.25) is 0 Å². The highest BCUT2D eigenvalue weighted by Crippen LogP contribution is 2.25. The average molecular weight is 359 g/mol. The molecule has 1 heterocycles. The number of carbonyl (C=O) groups is 2. The molecule has 0 saturated heterocycles. The zero-order chi connectivity index (χ0) is 13.3. The Morgan fingerprint density at radius 1 is 1.17 bits per heavy atom. The van der Waals surface area contributed by atoms with Crippen LogP contribution in [0.2, 0.25) is 0 Å². The molecule has 2 aromatic rings. The van der Waals surface area contributed by atoms with E-state index >= 15 is 0 Å². The number of esters is 2. The van der Waals surface area contributed by atoms with Crippen molar-refractivity contribution in [1.82, 2.24) is 4.98 Å². The molecule has 0 spiro atoms. The molecule has 0 fully saturated rings. The molecule has 5 nitrogen and oxygen atoms in total. The highest BCUT2D eigenvalue weighted by molar-refractivity contribution is 14.1. The first-order valence-electron chi connectivity index (χ1n) is 5.06. The van der Waals surface area contributed by atoms with Gasteiger partial charge >= 0.3 is 11.9 Å². The van der Waals surface area contributed by atoms with Gasteiger partial charge in [-0.2, -0.15) is 0 Å². The summed E-state index contributed by atoms with van der Waals surface area (Å²) in [6, 6.07) is 5.46. The van der Waals surface area contributed by atoms with Crippen molar-refractivity contribution in [1.29, 1.82) is 0 Å². The maximum atomic E-state index is 11.8. The lowest BCUT2D eigenvalue weighted by Crippen LogP contribution is -2.10. The van der Waals surface area contributed by atoms with E-state index in [-0.39, 0.29) is 11.3 Å². The van der Waals surface area contributed by atoms with Crippen LogP contribution in [-0.2, 0) is 9.47 Å². The molecule has 0 amide bonds. The zero-order valence-electron chi connectivity index (χ0n) is 9.74. The van der Waals surface area contributed by atoms with Crippen LogP contribution in [0.25, 0.3) is 10.9 Å². The number of methoxy groups -OCH3 is 2. The summed E-state index contributed by atoms with van der Waals surface area (Å²) < 4.78 is 10.3. The number of rotatable bonds is 2. The molecule has 0 unspecified atom stereocenters. The molecule has 0 bridgehead atoms. The summed E-state index contributed by atoms with van der Waals surface area (Å²) in [5, 5.41) is 0.641. The Kier molecular flexibility index (Phi) is 3.55. The highest BCUT2D eigenvalue weighted by atomic mass is 127. The van der Waals surface area contributed by atoms with Crippen molar-refractivity contribution < 1.29 is 19.1 Å². The zero-order valence-corrected chi connectivity index (χ0v) is 11.9. The molecule has 18 heavy (non-hydrogen) atoms. The summed E-state index contributed by atoms with van der Waals surface area (Å²) in [5.41, 5.74) is 1.01. The second kappa shape index (κ2) is 4.97. The Morgan fingerprint density at radius 3 is 2.44 bits per heavy atom. The van der Waals surface area contributed by atoms with Crippen LogP contribution in [0.1, 0.15) is 20.8 Å². The maximum absolute atomic E-state index is 11.8. The summed E-state index contributed by atoms with van der Waals surface area (Å²) in [5.74, 6) is -1.16. The molecule has 0 saturated carbocycles. The van der Waals surface area contributed by atoms with E-state index < -0.39 is 11.9 Å². The summed E-state index contributed by atoms with van der Waals surface area (Å²) in [7, 11) is 2.54. The van der Waals surface area contributed by atoms with Gasteiger partial charge in [-0.25, -0.2) is 9.59 Å². The number of carbonyl (C=O) groups excluding carboxylic acids is 2. The number of aromatic amines is 1. The molecule has 94 valence electrons. The van der Waals surface area contributed by atoms with E-state index in [1.54, 1.807) is 6.07 Å². The van der Waals surface area contributed by atoms with Gasteiger partial charge in [0.05, 0.1) is 19.8 Å². The first kappa shape index (κ1) is 12.9. The van der Waals surface area contributed by atoms with Gasteiger partial charge in [0.25, 0.3) is 0 Å². The van der Waals surface area contributed by atoms with Gasteiger partial charge in [0.15, 0.2) is 0 Å². The van der Waals surface area contributed by atoms with Crippen molar-refractivity contribution in [2.75, 3.05) is 14.2 Å². The third-order valence-electron chi connectivity index (χ3n) is 2.54. The molecule has 1 aromatic carbocycles. The molecule has 0 aliphatic heterocycles. The fraction of sp³-hybridized carbons (Fsp3) is 0.167. The van der Waals surface area contributed by atoms with Gasteiger partial charge in [0.1, 0.15) is 5.69 Å². The van der Waals surface area contributed by atoms with Gasteiger partial charge in [-0.1, -0.05) is 6.07 Å². The topological polar surface area (TPSA) is 68.4 Å². The van der Waals surface area contributed by atoms with Crippen LogP contribution in [0.5, 0.6) is 0 Å². The minimum Gasteiger partial charge on any atom is -0.465 e. The SMILES string of the molecule is COC(=O)c1[nH]c2cc(I)ccc2c1C(=O)OC. The van der Waals surface area contributed by atoms with E-state index in [1.165, 1.54) is 14.2 Å². The summed E-state index contributed by atoms with van der Waals surface area (Å²) in [6.07, 6.45) is 0. The third kappa shape index (κ3) is 2.07. The number of hydrogen-bond donors (Lipinski definition) is 1. The van der Waals surface area contributed by atoms with Gasteiger partial charge in [-0.15, -0.1) is 0 Å². The second-order valence-electron chi connectivity index (χ2n) is 3.55. The summed E-state index contributed by atoms with van der Waals surface area (Å²) in [6.45, 7) is 0. The van der Waals surface area contributed by atoms with Crippen molar-refractivity contribution in [3.63, 3.8) is 0 Å². The number of ether oxygens (including phenoxy) is 2. The minimum atomic E-state index is -0.596. The average Bonchev–Trinajstić information content (AvgIpc) is 2.75. The number of H-pyrrole nitrogens is 1. The van der Waals surface area contributed by atoms with Crippen LogP contribution in [0.3, 0.4) is 0 Å². The molecule has 0 aliphatic carbocycles. The van der Waals surface area contributed by atoms with Crippen LogP contribution < -0.4 is 0 Å². The maximum Gasteiger partial charge on any atom is 0.355 e. The van der Waals surface area contributed by atoms with E-state index in [2.05, 4.69) is 32.3 Å². The number of hydrogen-bond acceptors (Lipinski definition) is 4. The molecule has 0 aliphatic rings. The van der Waals surface area contributed by atoms with Gasteiger partial charge < -0.3 is 14.5 Å². The van der Waals surface area contributed by atoms with E-state index in [0.717, 1.165) is 3.57 Å². The van der Waals surface area contributed by atoms with Crippen LogP contribution in [0.4, 0.5) is 0 Å². The van der Waals surface area contributed by atoms with E-state index in [9.17, 15) is 9.59 Å². The van der Waals surface area contributed by atoms with Gasteiger partial charge in [0.2, 0.25) is 0 Å². The monoisotopic (exact) mass is 359 g/mol. The number of aromatic nitrogens is 1. The predicted molar refractivity (Wildman–Crippen MR) is 73.7 cm³/mol. The van der Waals surface area contributed by atoms with Crippen LogP contribution in [0.15, 0.2) is 18.2 Å². The Balaban J connectivity index is 2.76. The van der Waals surface area contributed by atoms with Crippen molar-refractivity contribution in [2.24, 2.45) is 0 Å². The molecular weight excluding hydrogens is 349 g/mol. The Labute approximate surface area is 117 Å². The summed E-state index contributed by atoms with van der Waals surface area (Å²) >= 11 is 2.15. The lowest BCUT2D eigenvalue weighted by Gasteiger charge is -2.00. The number of nitrogens with one attached hydrogen (secondary N) is 1. The molecule has 1 N–H and O–H groups in total. The normalized spacial score (nSPS) is 10.4. The number of halogens is 1. The Morgan fingerprint density at radius 2 is 1.83 bits per heavy atom. The van der Waals surface area contributed by atoms with Crippen molar-refractivity contribution in [3.8, 4) is 0 Å². The van der Waals surface area contributed by atoms with Gasteiger partial charge in [-0.05, 0) is 34.7 Å². The largest absolute Gasteiger partial charge is 0.465 e. The molecule has 1 aromatic heterocycles. The standard InChI is InChI=1S/C12H10INO4/c1-17-11(15)9-7-4-3-6(13)5-8(7)14-10(9)12(16)18-2/h3-5,14H,1-2H3. The smallest absolute Gasteiger partial charge is 0.355 e. The molecule has 0 atom stereocenters. The van der Waals surface area contributed by atoms with Crippen LogP contribution in [0, 0.1) is 3.57 Å². The molecule has 0 radical (unpaired) electrons. The minimum absolute atomic E-state index is 0.112. The fourth-order valence-corrected chi connectivity index (χ4v) is 2.23. The van der Waals surface area contributed by atoms with Crippen LogP contribution >= 0.6 is 22.6 Å². The quantitative estimate of drug-likeness (QED) is 0.660. The Hall–Kier alpha value is -1.57. The van der Waals surface area contributed by atoms with Crippen molar-refractivity contribution >= 4 is 45.4 Å². The van der Waals surface area contributed by atoms with E-state index in [0.29, 0.717) is 10.9 Å². The van der Waals surface area contributed by atoms with Crippen LogP contribution in [-0.4, -0.2) is 31.1 Å². The van der Waals surface area contributed by atoms with Crippen molar-refractivity contribution in [2.45, 2.75) is 0 Å². The van der Waals surface area contributed by atoms with Crippen molar-refractivity contribution in [3.05, 3.63) is 33.0 Å². The highest BCUT2D eigenvalue weighted by Gasteiger charge is 2.24. The predicted octanol–water partition coefficient (Wildman–Crippen LogP) is 2.35. The lowest BCUT2D eigenvalue weighted by molar-refractivity contribution is 0.0553. The van der Waals surface area contributed by atoms with E-state index in [4.69, 9.17) is 4.74 Å². The summed E-state index contributed by atoms with van der Waals surface area (Å²) in [4.78, 5) is 26.3. The first-order valence-corrected chi connectivity index (χ1v) is 6.14. The first-order chi connectivity index (χ1) is 8.58. The van der Waals surface area contributed by atoms with Gasteiger partial charge in [0, 0.05) is 14.5 Å². The number of benzene rings is 1. The molecular formula is C12H10INO4.